The predicted molar refractivity (Wildman–Crippen MR) is 82.4 cm³/mol. The molecule has 7 atom stereocenters. The van der Waals surface area contributed by atoms with Gasteiger partial charge in [0.2, 0.25) is 0 Å². The van der Waals surface area contributed by atoms with E-state index in [0.717, 1.165) is 30.1 Å². The quantitative estimate of drug-likeness (QED) is 0.675. The zero-order valence-electron chi connectivity index (χ0n) is 13.4. The minimum absolute atomic E-state index is 0.00895. The molecule has 1 nitrogen and oxygen atoms in total. The zero-order chi connectivity index (χ0) is 14.0. The Morgan fingerprint density at radius 2 is 1.55 bits per heavy atom. The van der Waals surface area contributed by atoms with E-state index in [4.69, 9.17) is 0 Å². The van der Waals surface area contributed by atoms with Crippen molar-refractivity contribution in [1.29, 1.82) is 0 Å². The van der Waals surface area contributed by atoms with Gasteiger partial charge in [-0.05, 0) is 85.9 Å². The maximum Gasteiger partial charge on any atom is 0.0596 e. The molecule has 0 spiro atoms. The van der Waals surface area contributed by atoms with Gasteiger partial charge in [0.15, 0.2) is 0 Å². The number of hydrogen-bond donors (Lipinski definition) is 1. The SMILES string of the molecule is C[C@]12CCCC[C@H]1CC[C@@H]1[C@@H]2CC[C@]2(C)C(O)CC[C@@H]12. The van der Waals surface area contributed by atoms with E-state index in [2.05, 4.69) is 13.8 Å². The first kappa shape index (κ1) is 13.6. The summed E-state index contributed by atoms with van der Waals surface area (Å²) in [6.45, 7) is 5.04. The first-order chi connectivity index (χ1) is 9.56. The first-order valence-electron chi connectivity index (χ1n) is 9.24. The van der Waals surface area contributed by atoms with Crippen LogP contribution in [0.2, 0.25) is 0 Å². The van der Waals surface area contributed by atoms with E-state index in [9.17, 15) is 5.11 Å². The van der Waals surface area contributed by atoms with Gasteiger partial charge in [0.25, 0.3) is 0 Å². The van der Waals surface area contributed by atoms with E-state index < -0.39 is 0 Å². The normalized spacial score (nSPS) is 58.6. The molecule has 4 aliphatic rings. The molecule has 0 saturated heterocycles. The summed E-state index contributed by atoms with van der Waals surface area (Å²) < 4.78 is 0. The molecule has 0 aromatic carbocycles. The van der Waals surface area contributed by atoms with Gasteiger partial charge < -0.3 is 5.11 Å². The molecule has 1 N–H and O–H groups in total. The second-order valence-corrected chi connectivity index (χ2v) is 9.04. The van der Waals surface area contributed by atoms with Gasteiger partial charge in [-0.1, -0.05) is 26.7 Å². The molecule has 0 aromatic heterocycles. The van der Waals surface area contributed by atoms with Crippen molar-refractivity contribution in [2.45, 2.75) is 84.2 Å². The Kier molecular flexibility index (Phi) is 3.05. The lowest BCUT2D eigenvalue weighted by Gasteiger charge is -2.60. The van der Waals surface area contributed by atoms with Crippen LogP contribution in [0.25, 0.3) is 0 Å². The molecule has 4 rings (SSSR count). The van der Waals surface area contributed by atoms with E-state index in [0.29, 0.717) is 5.41 Å². The van der Waals surface area contributed by atoms with Crippen LogP contribution in [0, 0.1) is 34.5 Å². The Morgan fingerprint density at radius 3 is 2.40 bits per heavy atom. The highest BCUT2D eigenvalue weighted by molar-refractivity contribution is 5.08. The van der Waals surface area contributed by atoms with Gasteiger partial charge in [0.1, 0.15) is 0 Å². The third-order valence-electron chi connectivity index (χ3n) is 8.53. The largest absolute Gasteiger partial charge is 0.393 e. The fraction of sp³-hybridized carbons (Fsp3) is 1.00. The van der Waals surface area contributed by atoms with Crippen LogP contribution in [0.3, 0.4) is 0 Å². The van der Waals surface area contributed by atoms with Crippen molar-refractivity contribution in [3.8, 4) is 0 Å². The van der Waals surface area contributed by atoms with Gasteiger partial charge in [0.05, 0.1) is 6.10 Å². The van der Waals surface area contributed by atoms with E-state index >= 15 is 0 Å². The summed E-state index contributed by atoms with van der Waals surface area (Å²) in [6.07, 6.45) is 14.0. The first-order valence-corrected chi connectivity index (χ1v) is 9.24. The summed E-state index contributed by atoms with van der Waals surface area (Å²) in [5.41, 5.74) is 0.912. The number of aliphatic hydroxyl groups excluding tert-OH is 1. The fourth-order valence-electron chi connectivity index (χ4n) is 7.27. The van der Waals surface area contributed by atoms with Crippen LogP contribution in [0.5, 0.6) is 0 Å². The van der Waals surface area contributed by atoms with Crippen molar-refractivity contribution in [1.82, 2.24) is 0 Å². The summed E-state index contributed by atoms with van der Waals surface area (Å²) in [7, 11) is 0. The maximum absolute atomic E-state index is 10.5. The molecule has 1 unspecified atom stereocenters. The summed E-state index contributed by atoms with van der Waals surface area (Å²) in [5, 5.41) is 10.5. The zero-order valence-corrected chi connectivity index (χ0v) is 13.4. The van der Waals surface area contributed by atoms with Crippen LogP contribution in [0.1, 0.15) is 78.1 Å². The van der Waals surface area contributed by atoms with Crippen LogP contribution in [0.4, 0.5) is 0 Å². The van der Waals surface area contributed by atoms with E-state index in [1.807, 2.05) is 0 Å². The molecule has 1 heteroatoms. The summed E-state index contributed by atoms with van der Waals surface area (Å²) in [6, 6.07) is 0. The molecular weight excluding hydrogens is 244 g/mol. The average Bonchev–Trinajstić information content (AvgIpc) is 2.74. The molecular formula is C19H32O. The lowest BCUT2D eigenvalue weighted by Crippen LogP contribution is -2.53. The van der Waals surface area contributed by atoms with Crippen molar-refractivity contribution in [2.24, 2.45) is 34.5 Å². The maximum atomic E-state index is 10.5. The minimum atomic E-state index is -0.00895. The van der Waals surface area contributed by atoms with Gasteiger partial charge in [0, 0.05) is 0 Å². The second-order valence-electron chi connectivity index (χ2n) is 9.04. The van der Waals surface area contributed by atoms with Crippen LogP contribution in [-0.4, -0.2) is 11.2 Å². The van der Waals surface area contributed by atoms with Gasteiger partial charge in [-0.2, -0.15) is 0 Å². The van der Waals surface area contributed by atoms with Gasteiger partial charge in [-0.25, -0.2) is 0 Å². The minimum Gasteiger partial charge on any atom is -0.393 e. The predicted octanol–water partition coefficient (Wildman–Crippen LogP) is 4.78. The van der Waals surface area contributed by atoms with Crippen molar-refractivity contribution in [2.75, 3.05) is 0 Å². The van der Waals surface area contributed by atoms with Crippen LogP contribution in [0.15, 0.2) is 0 Å². The molecule has 0 heterocycles. The Balaban J connectivity index is 1.64. The van der Waals surface area contributed by atoms with Crippen LogP contribution >= 0.6 is 0 Å². The average molecular weight is 276 g/mol. The second kappa shape index (κ2) is 4.48. The smallest absolute Gasteiger partial charge is 0.0596 e. The van der Waals surface area contributed by atoms with Crippen LogP contribution in [-0.2, 0) is 0 Å². The molecule has 20 heavy (non-hydrogen) atoms. The molecule has 0 amide bonds. The van der Waals surface area contributed by atoms with Crippen molar-refractivity contribution in [3.63, 3.8) is 0 Å². The number of fused-ring (bicyclic) bond motifs is 5. The molecule has 0 bridgehead atoms. The summed E-state index contributed by atoms with van der Waals surface area (Å²) in [4.78, 5) is 0. The third-order valence-corrected chi connectivity index (χ3v) is 8.53. The highest BCUT2D eigenvalue weighted by Crippen LogP contribution is 2.66. The van der Waals surface area contributed by atoms with E-state index in [1.54, 1.807) is 0 Å². The topological polar surface area (TPSA) is 20.2 Å². The van der Waals surface area contributed by atoms with Crippen molar-refractivity contribution < 1.29 is 5.11 Å². The molecule has 4 aliphatic carbocycles. The molecule has 0 aliphatic heterocycles. The standard InChI is InChI=1S/C19H32O/c1-18-11-4-3-5-13(18)6-7-14-15-8-9-17(20)19(15,2)12-10-16(14)18/h13-17,20H,3-12H2,1-2H3/t13-,14-,15-,16-,17?,18-,19-/m0/s1. The van der Waals surface area contributed by atoms with Gasteiger partial charge in [-0.15, -0.1) is 0 Å². The third kappa shape index (κ3) is 1.65. The van der Waals surface area contributed by atoms with Crippen LogP contribution < -0.4 is 0 Å². The Bertz CT molecular complexity index is 391. The Morgan fingerprint density at radius 1 is 0.750 bits per heavy atom. The fourth-order valence-corrected chi connectivity index (χ4v) is 7.27. The Labute approximate surface area is 124 Å². The monoisotopic (exact) mass is 276 g/mol. The highest BCUT2D eigenvalue weighted by atomic mass is 16.3. The molecule has 4 saturated carbocycles. The van der Waals surface area contributed by atoms with Gasteiger partial charge >= 0.3 is 0 Å². The summed E-state index contributed by atoms with van der Waals surface area (Å²) in [5.74, 6) is 3.76. The molecule has 0 aromatic rings. The molecule has 4 fully saturated rings. The highest BCUT2D eigenvalue weighted by Gasteiger charge is 2.59. The van der Waals surface area contributed by atoms with E-state index in [-0.39, 0.29) is 11.5 Å². The number of hydrogen-bond acceptors (Lipinski definition) is 1. The number of rotatable bonds is 0. The molecule has 0 radical (unpaired) electrons. The number of aliphatic hydroxyl groups is 1. The lowest BCUT2D eigenvalue weighted by molar-refractivity contribution is -0.120. The van der Waals surface area contributed by atoms with Crippen molar-refractivity contribution in [3.05, 3.63) is 0 Å². The van der Waals surface area contributed by atoms with Crippen molar-refractivity contribution >= 4 is 0 Å². The Hall–Kier alpha value is -0.0400. The molecule has 114 valence electrons. The summed E-state index contributed by atoms with van der Waals surface area (Å²) >= 11 is 0. The van der Waals surface area contributed by atoms with Gasteiger partial charge in [-0.3, -0.25) is 0 Å². The lowest BCUT2D eigenvalue weighted by atomic mass is 9.45. The van der Waals surface area contributed by atoms with E-state index in [1.165, 1.54) is 57.8 Å².